The minimum atomic E-state index is -0.266. The lowest BCUT2D eigenvalue weighted by Crippen LogP contribution is -2.16. The van der Waals surface area contributed by atoms with Gasteiger partial charge in [-0.15, -0.1) is 0 Å². The molecule has 0 aliphatic carbocycles. The molecule has 66 valence electrons. The molecule has 0 saturated heterocycles. The van der Waals surface area contributed by atoms with Crippen LogP contribution < -0.4 is 5.32 Å². The number of halogens is 1. The lowest BCUT2D eigenvalue weighted by atomic mass is 9.92. The highest BCUT2D eigenvalue weighted by Crippen LogP contribution is 2.32. The van der Waals surface area contributed by atoms with Gasteiger partial charge >= 0.3 is 0 Å². The van der Waals surface area contributed by atoms with E-state index in [9.17, 15) is 4.39 Å². The molecule has 13 heavy (non-hydrogen) atoms. The van der Waals surface area contributed by atoms with Crippen molar-refractivity contribution in [2.75, 3.05) is 11.9 Å². The molecular formula is C10H9FN2. The monoisotopic (exact) mass is 176 g/mol. The first kappa shape index (κ1) is 8.06. The van der Waals surface area contributed by atoms with Crippen LogP contribution in [0, 0.1) is 17.1 Å². The number of para-hydroxylation sites is 1. The average molecular weight is 176 g/mol. The van der Waals surface area contributed by atoms with Gasteiger partial charge < -0.3 is 5.32 Å². The Kier molecular flexibility index (Phi) is 1.90. The van der Waals surface area contributed by atoms with Crippen LogP contribution >= 0.6 is 0 Å². The Balaban J connectivity index is 2.53. The maximum atomic E-state index is 13.2. The van der Waals surface area contributed by atoms with Crippen molar-refractivity contribution in [1.29, 1.82) is 5.26 Å². The molecule has 1 aromatic rings. The van der Waals surface area contributed by atoms with Crippen molar-refractivity contribution in [2.24, 2.45) is 0 Å². The Morgan fingerprint density at radius 2 is 2.38 bits per heavy atom. The fourth-order valence-electron chi connectivity index (χ4n) is 1.65. The van der Waals surface area contributed by atoms with Crippen LogP contribution in [0.4, 0.5) is 10.1 Å². The first-order chi connectivity index (χ1) is 6.33. The van der Waals surface area contributed by atoms with Crippen molar-refractivity contribution in [3.05, 3.63) is 29.6 Å². The van der Waals surface area contributed by atoms with E-state index in [0.29, 0.717) is 12.2 Å². The average Bonchev–Trinajstić information content (AvgIpc) is 2.18. The fourth-order valence-corrected chi connectivity index (χ4v) is 1.65. The smallest absolute Gasteiger partial charge is 0.146 e. The maximum Gasteiger partial charge on any atom is 0.146 e. The van der Waals surface area contributed by atoms with Crippen LogP contribution in [0.3, 0.4) is 0 Å². The summed E-state index contributed by atoms with van der Waals surface area (Å²) in [7, 11) is 0. The SMILES string of the molecule is N#CC1CCNc2c(F)cccc21. The van der Waals surface area contributed by atoms with Crippen molar-refractivity contribution in [1.82, 2.24) is 0 Å². The van der Waals surface area contributed by atoms with E-state index in [-0.39, 0.29) is 11.7 Å². The van der Waals surface area contributed by atoms with E-state index < -0.39 is 0 Å². The highest BCUT2D eigenvalue weighted by atomic mass is 19.1. The van der Waals surface area contributed by atoms with Gasteiger partial charge in [0.05, 0.1) is 17.7 Å². The van der Waals surface area contributed by atoms with E-state index in [1.807, 2.05) is 0 Å². The molecular weight excluding hydrogens is 167 g/mol. The number of nitrogens with zero attached hydrogens (tertiary/aromatic N) is 1. The van der Waals surface area contributed by atoms with Gasteiger partial charge in [0.25, 0.3) is 0 Å². The van der Waals surface area contributed by atoms with Gasteiger partial charge in [-0.25, -0.2) is 4.39 Å². The van der Waals surface area contributed by atoms with Crippen molar-refractivity contribution in [2.45, 2.75) is 12.3 Å². The minimum Gasteiger partial charge on any atom is -0.382 e. The Morgan fingerprint density at radius 3 is 3.15 bits per heavy atom. The third-order valence-electron chi connectivity index (χ3n) is 2.31. The molecule has 1 unspecified atom stereocenters. The van der Waals surface area contributed by atoms with Crippen LogP contribution in [-0.4, -0.2) is 6.54 Å². The number of hydrogen-bond donors (Lipinski definition) is 1. The molecule has 3 heteroatoms. The zero-order chi connectivity index (χ0) is 9.26. The van der Waals surface area contributed by atoms with Crippen LogP contribution in [0.1, 0.15) is 17.9 Å². The summed E-state index contributed by atoms with van der Waals surface area (Å²) in [6, 6.07) is 7.04. The summed E-state index contributed by atoms with van der Waals surface area (Å²) in [5, 5.41) is 11.8. The zero-order valence-electron chi connectivity index (χ0n) is 7.05. The number of nitrogens with one attached hydrogen (secondary N) is 1. The molecule has 0 spiro atoms. The summed E-state index contributed by atoms with van der Waals surface area (Å²) < 4.78 is 13.2. The Bertz CT molecular complexity index is 368. The molecule has 1 N–H and O–H groups in total. The van der Waals surface area contributed by atoms with Gasteiger partial charge in [0.1, 0.15) is 5.82 Å². The largest absolute Gasteiger partial charge is 0.382 e. The number of nitriles is 1. The molecule has 1 atom stereocenters. The Morgan fingerprint density at radius 1 is 1.54 bits per heavy atom. The van der Waals surface area contributed by atoms with Crippen LogP contribution in [0.5, 0.6) is 0 Å². The normalized spacial score (nSPS) is 19.8. The highest BCUT2D eigenvalue weighted by Gasteiger charge is 2.21. The second-order valence-corrected chi connectivity index (χ2v) is 3.10. The molecule has 0 saturated carbocycles. The number of benzene rings is 1. The first-order valence-corrected chi connectivity index (χ1v) is 4.25. The molecule has 0 bridgehead atoms. The molecule has 1 aromatic carbocycles. The topological polar surface area (TPSA) is 35.8 Å². The molecule has 2 rings (SSSR count). The Hall–Kier alpha value is -1.56. The molecule has 0 radical (unpaired) electrons. The number of fused-ring (bicyclic) bond motifs is 1. The predicted molar refractivity (Wildman–Crippen MR) is 47.9 cm³/mol. The quantitative estimate of drug-likeness (QED) is 0.658. The first-order valence-electron chi connectivity index (χ1n) is 4.25. The van der Waals surface area contributed by atoms with Crippen molar-refractivity contribution < 1.29 is 4.39 Å². The molecule has 1 aliphatic rings. The summed E-state index contributed by atoms with van der Waals surface area (Å²) in [6.07, 6.45) is 0.757. The third-order valence-corrected chi connectivity index (χ3v) is 2.31. The maximum absolute atomic E-state index is 13.2. The summed E-state index contributed by atoms with van der Waals surface area (Å²) in [5.41, 5.74) is 1.29. The summed E-state index contributed by atoms with van der Waals surface area (Å²) in [5.74, 6) is -0.426. The standard InChI is InChI=1S/C10H9FN2/c11-9-3-1-2-8-7(6-12)4-5-13-10(8)9/h1-3,7,13H,4-5H2. The van der Waals surface area contributed by atoms with Gasteiger partial charge in [-0.2, -0.15) is 5.26 Å². The van der Waals surface area contributed by atoms with E-state index in [1.54, 1.807) is 12.1 Å². The van der Waals surface area contributed by atoms with Gasteiger partial charge in [-0.05, 0) is 18.1 Å². The van der Waals surface area contributed by atoms with Gasteiger partial charge in [-0.1, -0.05) is 12.1 Å². The summed E-state index contributed by atoms with van der Waals surface area (Å²) in [6.45, 7) is 0.673. The minimum absolute atomic E-state index is 0.160. The molecule has 0 amide bonds. The van der Waals surface area contributed by atoms with E-state index in [1.165, 1.54) is 6.07 Å². The van der Waals surface area contributed by atoms with Gasteiger partial charge in [0.2, 0.25) is 0 Å². The van der Waals surface area contributed by atoms with E-state index in [4.69, 9.17) is 5.26 Å². The predicted octanol–water partition coefficient (Wildman–Crippen LogP) is 2.25. The fraction of sp³-hybridized carbons (Fsp3) is 0.300. The zero-order valence-corrected chi connectivity index (χ0v) is 7.05. The number of rotatable bonds is 0. The number of anilines is 1. The number of hydrogen-bond acceptors (Lipinski definition) is 2. The lowest BCUT2D eigenvalue weighted by Gasteiger charge is -2.22. The van der Waals surface area contributed by atoms with Crippen LogP contribution in [0.15, 0.2) is 18.2 Å². The summed E-state index contributed by atoms with van der Waals surface area (Å²) in [4.78, 5) is 0. The lowest BCUT2D eigenvalue weighted by molar-refractivity contribution is 0.618. The van der Waals surface area contributed by atoms with Crippen LogP contribution in [0.2, 0.25) is 0 Å². The van der Waals surface area contributed by atoms with E-state index in [0.717, 1.165) is 12.0 Å². The van der Waals surface area contributed by atoms with Crippen LogP contribution in [0.25, 0.3) is 0 Å². The molecule has 1 heterocycles. The molecule has 0 aromatic heterocycles. The third kappa shape index (κ3) is 1.25. The molecule has 0 fully saturated rings. The van der Waals surface area contributed by atoms with Crippen molar-refractivity contribution >= 4 is 5.69 Å². The van der Waals surface area contributed by atoms with Crippen molar-refractivity contribution in [3.63, 3.8) is 0 Å². The summed E-state index contributed by atoms with van der Waals surface area (Å²) >= 11 is 0. The van der Waals surface area contributed by atoms with Crippen molar-refractivity contribution in [3.8, 4) is 6.07 Å². The van der Waals surface area contributed by atoms with Gasteiger partial charge in [0.15, 0.2) is 0 Å². The molecule has 2 nitrogen and oxygen atoms in total. The second-order valence-electron chi connectivity index (χ2n) is 3.10. The Labute approximate surface area is 76.0 Å². The van der Waals surface area contributed by atoms with Gasteiger partial charge in [-0.3, -0.25) is 0 Å². The van der Waals surface area contributed by atoms with Gasteiger partial charge in [0, 0.05) is 6.54 Å². The second kappa shape index (κ2) is 3.06. The van der Waals surface area contributed by atoms with E-state index >= 15 is 0 Å². The highest BCUT2D eigenvalue weighted by molar-refractivity contribution is 5.57. The molecule has 1 aliphatic heterocycles. The van der Waals surface area contributed by atoms with E-state index in [2.05, 4.69) is 11.4 Å². The van der Waals surface area contributed by atoms with Crippen LogP contribution in [-0.2, 0) is 0 Å².